The molecule has 1 saturated heterocycles. The minimum Gasteiger partial charge on any atom is -0.772 e. The number of rotatable bonds is 5. The first-order valence-corrected chi connectivity index (χ1v) is 10.6. The molecule has 2 N–H and O–H groups in total. The molecule has 2 atom stereocenters. The molecule has 9 nitrogen and oxygen atoms in total. The van der Waals surface area contributed by atoms with E-state index in [2.05, 4.69) is 20.6 Å². The van der Waals surface area contributed by atoms with Gasteiger partial charge in [0.15, 0.2) is 5.82 Å². The Balaban J connectivity index is 1.49. The Hall–Kier alpha value is -2.82. The van der Waals surface area contributed by atoms with Crippen LogP contribution in [0.3, 0.4) is 0 Å². The molecule has 1 aliphatic rings. The van der Waals surface area contributed by atoms with Gasteiger partial charge in [0, 0.05) is 29.3 Å². The van der Waals surface area contributed by atoms with Gasteiger partial charge in [0.25, 0.3) is 0 Å². The van der Waals surface area contributed by atoms with Gasteiger partial charge in [-0.1, -0.05) is 17.1 Å². The minimum absolute atomic E-state index is 0.0284. The first-order chi connectivity index (χ1) is 14.2. The second-order valence-electron chi connectivity index (χ2n) is 7.12. The topological polar surface area (TPSA) is 121 Å². The molecule has 10 heteroatoms. The van der Waals surface area contributed by atoms with Gasteiger partial charge in [0.05, 0.1) is 36.2 Å². The van der Waals surface area contributed by atoms with Gasteiger partial charge in [-0.3, -0.25) is 14.0 Å². The third kappa shape index (κ3) is 3.61. The van der Waals surface area contributed by atoms with Crippen LogP contribution in [0.15, 0.2) is 36.8 Å². The lowest BCUT2D eigenvalue weighted by molar-refractivity contribution is 0.0549. The van der Waals surface area contributed by atoms with E-state index in [1.807, 2.05) is 23.0 Å². The molecule has 3 aromatic heterocycles. The molecule has 150 valence electrons. The van der Waals surface area contributed by atoms with Crippen LogP contribution in [0.5, 0.6) is 0 Å². The molecular formula is C19H19N6O3S-. The molecule has 4 aromatic rings. The number of fused-ring (bicyclic) bond motifs is 3. The van der Waals surface area contributed by atoms with Crippen LogP contribution in [0, 0.1) is 0 Å². The second kappa shape index (κ2) is 7.54. The first kappa shape index (κ1) is 18.2. The summed E-state index contributed by atoms with van der Waals surface area (Å²) in [5.74, 6) is 0.615. The molecule has 1 aromatic carbocycles. The zero-order chi connectivity index (χ0) is 19.8. The first-order valence-electron chi connectivity index (χ1n) is 9.38. The zero-order valence-corrected chi connectivity index (χ0v) is 16.3. The summed E-state index contributed by atoms with van der Waals surface area (Å²) in [6.07, 6.45) is 7.55. The van der Waals surface area contributed by atoms with Crippen molar-refractivity contribution in [1.82, 2.24) is 25.0 Å². The van der Waals surface area contributed by atoms with Gasteiger partial charge in [-0.05, 0) is 30.5 Å². The lowest BCUT2D eigenvalue weighted by Crippen LogP contribution is -2.21. The number of hydrogen-bond acceptors (Lipinski definition) is 7. The van der Waals surface area contributed by atoms with Crippen LogP contribution in [0.25, 0.3) is 21.8 Å². The Morgan fingerprint density at radius 3 is 3.10 bits per heavy atom. The number of aromatic nitrogens is 5. The van der Waals surface area contributed by atoms with E-state index in [-0.39, 0.29) is 11.8 Å². The highest BCUT2D eigenvalue weighted by Gasteiger charge is 2.17. The number of H-pyrrole nitrogens is 1. The van der Waals surface area contributed by atoms with Crippen LogP contribution in [-0.4, -0.2) is 46.9 Å². The molecule has 0 amide bonds. The summed E-state index contributed by atoms with van der Waals surface area (Å²) in [6, 6.07) is 5.71. The third-order valence-corrected chi connectivity index (χ3v) is 5.69. The summed E-state index contributed by atoms with van der Waals surface area (Å²) >= 11 is -2.14. The molecule has 0 aliphatic carbocycles. The van der Waals surface area contributed by atoms with Gasteiger partial charge in [-0.15, -0.1) is 0 Å². The molecule has 0 spiro atoms. The summed E-state index contributed by atoms with van der Waals surface area (Å²) in [5, 5.41) is 16.7. The van der Waals surface area contributed by atoms with Gasteiger partial charge < -0.3 is 14.6 Å². The van der Waals surface area contributed by atoms with Crippen LogP contribution in [0.1, 0.15) is 24.4 Å². The zero-order valence-electron chi connectivity index (χ0n) is 15.5. The van der Waals surface area contributed by atoms with Crippen molar-refractivity contribution in [3.63, 3.8) is 0 Å². The van der Waals surface area contributed by atoms with Crippen molar-refractivity contribution in [2.75, 3.05) is 18.5 Å². The molecule has 0 radical (unpaired) electrons. The van der Waals surface area contributed by atoms with Crippen molar-refractivity contribution < 1.29 is 13.5 Å². The highest BCUT2D eigenvalue weighted by Crippen LogP contribution is 2.30. The largest absolute Gasteiger partial charge is 0.772 e. The summed E-state index contributed by atoms with van der Waals surface area (Å²) in [6.45, 7) is 1.49. The molecule has 0 saturated carbocycles. The predicted octanol–water partition coefficient (Wildman–Crippen LogP) is 2.78. The number of nitrogens with zero attached hydrogens (tertiary/aromatic N) is 4. The average molecular weight is 411 g/mol. The number of hydrogen-bond donors (Lipinski definition) is 2. The van der Waals surface area contributed by atoms with Crippen molar-refractivity contribution in [3.05, 3.63) is 42.4 Å². The van der Waals surface area contributed by atoms with E-state index in [0.29, 0.717) is 18.0 Å². The fourth-order valence-corrected chi connectivity index (χ4v) is 4.18. The summed E-state index contributed by atoms with van der Waals surface area (Å²) in [7, 11) is 0. The number of nitrogens with one attached hydrogen (secondary N) is 2. The monoisotopic (exact) mass is 411 g/mol. The molecule has 1 aliphatic heterocycles. The van der Waals surface area contributed by atoms with E-state index in [1.54, 1.807) is 18.5 Å². The Kier molecular flexibility index (Phi) is 4.74. The number of pyridine rings is 1. The molecule has 29 heavy (non-hydrogen) atoms. The van der Waals surface area contributed by atoms with Gasteiger partial charge >= 0.3 is 0 Å². The Bertz CT molecular complexity index is 1200. The Morgan fingerprint density at radius 1 is 1.34 bits per heavy atom. The fraction of sp³-hybridized carbons (Fsp3) is 0.316. The predicted molar refractivity (Wildman–Crippen MR) is 109 cm³/mol. The quantitative estimate of drug-likeness (QED) is 0.484. The van der Waals surface area contributed by atoms with Crippen LogP contribution < -0.4 is 5.32 Å². The van der Waals surface area contributed by atoms with Crippen molar-refractivity contribution >= 4 is 44.4 Å². The van der Waals surface area contributed by atoms with Crippen LogP contribution in [0.4, 0.5) is 11.5 Å². The lowest BCUT2D eigenvalue weighted by Gasteiger charge is -2.22. The van der Waals surface area contributed by atoms with Crippen LogP contribution >= 0.6 is 0 Å². The number of benzene rings is 1. The smallest absolute Gasteiger partial charge is 0.157 e. The standard InChI is InChI=1S/C19H20N6O3S/c26-29(27)11-12-3-4-17-15(6-12)16-8-20-24-18(16)19(23-17)22-13-7-21-25(9-13)14-2-1-5-28-10-14/h3-4,6-9,14H,1-2,5,10-11H2,(H,20,24)(H,22,23)(H,26,27)/p-1. The Morgan fingerprint density at radius 2 is 2.28 bits per heavy atom. The van der Waals surface area contributed by atoms with Crippen molar-refractivity contribution in [3.8, 4) is 0 Å². The van der Waals surface area contributed by atoms with Gasteiger partial charge in [0.1, 0.15) is 5.52 Å². The lowest BCUT2D eigenvalue weighted by atomic mass is 10.1. The highest BCUT2D eigenvalue weighted by atomic mass is 32.2. The maximum atomic E-state index is 11.0. The molecule has 0 bridgehead atoms. The number of aromatic amines is 1. The maximum absolute atomic E-state index is 11.0. The van der Waals surface area contributed by atoms with Crippen molar-refractivity contribution in [1.29, 1.82) is 0 Å². The molecule has 4 heterocycles. The van der Waals surface area contributed by atoms with Gasteiger partial charge in [0.2, 0.25) is 0 Å². The van der Waals surface area contributed by atoms with E-state index >= 15 is 0 Å². The molecular weight excluding hydrogens is 392 g/mol. The molecule has 5 rings (SSSR count). The molecule has 2 unspecified atom stereocenters. The van der Waals surface area contributed by atoms with Crippen molar-refractivity contribution in [2.45, 2.75) is 24.6 Å². The summed E-state index contributed by atoms with van der Waals surface area (Å²) in [4.78, 5) is 4.71. The van der Waals surface area contributed by atoms with Crippen LogP contribution in [-0.2, 0) is 21.6 Å². The van der Waals surface area contributed by atoms with E-state index in [9.17, 15) is 8.76 Å². The Labute approximate surface area is 168 Å². The van der Waals surface area contributed by atoms with E-state index < -0.39 is 11.1 Å². The number of anilines is 2. The van der Waals surface area contributed by atoms with Crippen LogP contribution in [0.2, 0.25) is 0 Å². The third-order valence-electron chi connectivity index (χ3n) is 5.12. The maximum Gasteiger partial charge on any atom is 0.157 e. The van der Waals surface area contributed by atoms with Gasteiger partial charge in [-0.2, -0.15) is 10.2 Å². The molecule has 1 fully saturated rings. The minimum atomic E-state index is -2.14. The van der Waals surface area contributed by atoms with Crippen molar-refractivity contribution in [2.24, 2.45) is 0 Å². The van der Waals surface area contributed by atoms with E-state index in [1.165, 1.54) is 0 Å². The number of ether oxygens (including phenoxy) is 1. The fourth-order valence-electron chi connectivity index (χ4n) is 3.73. The summed E-state index contributed by atoms with van der Waals surface area (Å²) < 4.78 is 29.5. The SMILES string of the molecule is O=S([O-])Cc1ccc2nc(Nc3cnn(C4CCCOC4)c3)c3[nH]ncc3c2c1. The van der Waals surface area contributed by atoms with E-state index in [4.69, 9.17) is 9.72 Å². The normalized spacial score (nSPS) is 18.3. The van der Waals surface area contributed by atoms with Gasteiger partial charge in [-0.25, -0.2) is 4.98 Å². The average Bonchev–Trinajstić information content (AvgIpc) is 3.39. The highest BCUT2D eigenvalue weighted by molar-refractivity contribution is 7.78. The second-order valence-corrected chi connectivity index (χ2v) is 8.02. The van der Waals surface area contributed by atoms with E-state index in [0.717, 1.165) is 46.9 Å². The summed E-state index contributed by atoms with van der Waals surface area (Å²) in [5.41, 5.74) is 3.06.